The summed E-state index contributed by atoms with van der Waals surface area (Å²) in [5, 5.41) is 8.86. The van der Waals surface area contributed by atoms with E-state index in [-0.39, 0.29) is 11.8 Å². The van der Waals surface area contributed by atoms with Gasteiger partial charge in [0.05, 0.1) is 0 Å². The molecule has 18 heavy (non-hydrogen) atoms. The molecular weight excluding hydrogens is 230 g/mol. The molecular formula is C13H25N3O2. The molecule has 0 radical (unpaired) electrons. The minimum absolute atomic E-state index is 0.0640. The van der Waals surface area contributed by atoms with E-state index in [2.05, 4.69) is 22.9 Å². The number of hydrogen-bond donors (Lipinski definition) is 3. The summed E-state index contributed by atoms with van der Waals surface area (Å²) in [4.78, 5) is 22.3. The lowest BCUT2D eigenvalue weighted by molar-refractivity contribution is -0.123. The van der Waals surface area contributed by atoms with E-state index in [0.717, 1.165) is 13.1 Å². The fraction of sp³-hybridized carbons (Fsp3) is 0.846. The maximum absolute atomic E-state index is 11.7. The van der Waals surface area contributed by atoms with Crippen molar-refractivity contribution in [3.05, 3.63) is 0 Å². The first-order chi connectivity index (χ1) is 8.59. The van der Waals surface area contributed by atoms with E-state index >= 15 is 0 Å². The highest BCUT2D eigenvalue weighted by Gasteiger charge is 2.21. The van der Waals surface area contributed by atoms with Gasteiger partial charge in [0.1, 0.15) is 0 Å². The number of amides is 2. The Morgan fingerprint density at radius 3 is 2.67 bits per heavy atom. The summed E-state index contributed by atoms with van der Waals surface area (Å²) in [7, 11) is 0. The van der Waals surface area contributed by atoms with Crippen molar-refractivity contribution in [2.24, 2.45) is 11.8 Å². The number of nitrogens with one attached hydrogen (secondary N) is 3. The average molecular weight is 255 g/mol. The summed E-state index contributed by atoms with van der Waals surface area (Å²) in [6.07, 6.45) is 3.00. The summed E-state index contributed by atoms with van der Waals surface area (Å²) in [5.74, 6) is 1.04. The van der Waals surface area contributed by atoms with Crippen molar-refractivity contribution in [3.63, 3.8) is 0 Å². The summed E-state index contributed by atoms with van der Waals surface area (Å²) >= 11 is 0. The lowest BCUT2D eigenvalue weighted by atomic mass is 9.85. The monoisotopic (exact) mass is 255 g/mol. The van der Waals surface area contributed by atoms with Crippen LogP contribution >= 0.6 is 0 Å². The van der Waals surface area contributed by atoms with Crippen molar-refractivity contribution in [2.75, 3.05) is 26.2 Å². The van der Waals surface area contributed by atoms with Crippen LogP contribution in [0.5, 0.6) is 0 Å². The molecule has 1 rings (SSSR count). The van der Waals surface area contributed by atoms with Crippen LogP contribution in [0.25, 0.3) is 0 Å². The van der Waals surface area contributed by atoms with E-state index in [4.69, 9.17) is 0 Å². The molecule has 1 fully saturated rings. The van der Waals surface area contributed by atoms with Gasteiger partial charge in [-0.25, -0.2) is 0 Å². The van der Waals surface area contributed by atoms with Crippen LogP contribution in [-0.2, 0) is 9.59 Å². The summed E-state index contributed by atoms with van der Waals surface area (Å²) < 4.78 is 0. The van der Waals surface area contributed by atoms with Crippen molar-refractivity contribution >= 4 is 11.8 Å². The molecule has 104 valence electrons. The molecule has 2 amide bonds. The lowest BCUT2D eigenvalue weighted by Gasteiger charge is -2.28. The molecule has 1 aliphatic rings. The van der Waals surface area contributed by atoms with Crippen LogP contribution < -0.4 is 16.0 Å². The third kappa shape index (κ3) is 6.00. The quantitative estimate of drug-likeness (QED) is 0.596. The average Bonchev–Trinajstić information content (AvgIpc) is 2.35. The molecule has 5 heteroatoms. The van der Waals surface area contributed by atoms with E-state index < -0.39 is 0 Å². The molecule has 1 aliphatic heterocycles. The molecule has 0 aromatic rings. The predicted molar refractivity (Wildman–Crippen MR) is 71.1 cm³/mol. The van der Waals surface area contributed by atoms with Crippen LogP contribution in [0.4, 0.5) is 0 Å². The Hall–Kier alpha value is -1.10. The highest BCUT2D eigenvalue weighted by atomic mass is 16.2. The Balaban J connectivity index is 2.12. The van der Waals surface area contributed by atoms with Crippen LogP contribution in [-0.4, -0.2) is 38.0 Å². The van der Waals surface area contributed by atoms with Gasteiger partial charge in [-0.3, -0.25) is 9.59 Å². The van der Waals surface area contributed by atoms with Crippen LogP contribution in [0.1, 0.15) is 33.1 Å². The van der Waals surface area contributed by atoms with Gasteiger partial charge in [0, 0.05) is 26.4 Å². The minimum Gasteiger partial charge on any atom is -0.355 e. The third-order valence-corrected chi connectivity index (χ3v) is 3.47. The van der Waals surface area contributed by atoms with E-state index in [9.17, 15) is 9.59 Å². The molecule has 0 spiro atoms. The Morgan fingerprint density at radius 1 is 1.33 bits per heavy atom. The van der Waals surface area contributed by atoms with Crippen LogP contribution in [0.2, 0.25) is 0 Å². The molecule has 0 aliphatic carbocycles. The number of carbonyl (C=O) groups excluding carboxylic acids is 2. The Labute approximate surface area is 109 Å². The molecule has 0 saturated carbocycles. The van der Waals surface area contributed by atoms with Crippen LogP contribution in [0.15, 0.2) is 0 Å². The van der Waals surface area contributed by atoms with Gasteiger partial charge in [-0.2, -0.15) is 0 Å². The Kier molecular flexibility index (Phi) is 6.72. The Bertz CT molecular complexity index is 275. The molecule has 0 bridgehead atoms. The Morgan fingerprint density at radius 2 is 2.06 bits per heavy atom. The molecule has 2 unspecified atom stereocenters. The van der Waals surface area contributed by atoms with Gasteiger partial charge in [0.25, 0.3) is 0 Å². The van der Waals surface area contributed by atoms with Crippen molar-refractivity contribution in [3.8, 4) is 0 Å². The maximum Gasteiger partial charge on any atom is 0.220 e. The first kappa shape index (κ1) is 15.0. The molecule has 2 atom stereocenters. The number of piperidine rings is 1. The standard InChI is InChI=1S/C13H25N3O2/c1-10(12-4-3-5-14-9-12)8-13(18)16-7-6-15-11(2)17/h10,12,14H,3-9H2,1-2H3,(H,15,17)(H,16,18). The van der Waals surface area contributed by atoms with E-state index in [0.29, 0.717) is 31.3 Å². The zero-order valence-electron chi connectivity index (χ0n) is 11.4. The van der Waals surface area contributed by atoms with Gasteiger partial charge in [0.15, 0.2) is 0 Å². The smallest absolute Gasteiger partial charge is 0.220 e. The zero-order chi connectivity index (χ0) is 13.4. The highest BCUT2D eigenvalue weighted by molar-refractivity contribution is 5.76. The minimum atomic E-state index is -0.0640. The maximum atomic E-state index is 11.7. The molecule has 1 saturated heterocycles. The first-order valence-corrected chi connectivity index (χ1v) is 6.81. The second kappa shape index (κ2) is 8.08. The fourth-order valence-electron chi connectivity index (χ4n) is 2.34. The summed E-state index contributed by atoms with van der Waals surface area (Å²) in [6.45, 7) is 6.76. The van der Waals surface area contributed by atoms with Crippen molar-refractivity contribution < 1.29 is 9.59 Å². The predicted octanol–water partition coefficient (Wildman–Crippen LogP) is 0.265. The van der Waals surface area contributed by atoms with Gasteiger partial charge < -0.3 is 16.0 Å². The molecule has 1 heterocycles. The van der Waals surface area contributed by atoms with Gasteiger partial charge in [-0.1, -0.05) is 6.92 Å². The van der Waals surface area contributed by atoms with Gasteiger partial charge in [0.2, 0.25) is 11.8 Å². The second-order valence-electron chi connectivity index (χ2n) is 5.12. The van der Waals surface area contributed by atoms with E-state index in [1.54, 1.807) is 0 Å². The molecule has 3 N–H and O–H groups in total. The van der Waals surface area contributed by atoms with Crippen LogP contribution in [0.3, 0.4) is 0 Å². The van der Waals surface area contributed by atoms with E-state index in [1.807, 2.05) is 0 Å². The summed E-state index contributed by atoms with van der Waals surface area (Å²) in [6, 6.07) is 0. The number of carbonyl (C=O) groups is 2. The molecule has 0 aromatic carbocycles. The zero-order valence-corrected chi connectivity index (χ0v) is 11.4. The van der Waals surface area contributed by atoms with Crippen molar-refractivity contribution in [2.45, 2.75) is 33.1 Å². The van der Waals surface area contributed by atoms with Gasteiger partial charge in [-0.05, 0) is 37.8 Å². The first-order valence-electron chi connectivity index (χ1n) is 6.81. The second-order valence-corrected chi connectivity index (χ2v) is 5.12. The normalized spacial score (nSPS) is 21.1. The third-order valence-electron chi connectivity index (χ3n) is 3.47. The molecule has 0 aromatic heterocycles. The topological polar surface area (TPSA) is 70.2 Å². The van der Waals surface area contributed by atoms with E-state index in [1.165, 1.54) is 19.8 Å². The fourth-order valence-corrected chi connectivity index (χ4v) is 2.34. The number of hydrogen-bond acceptors (Lipinski definition) is 3. The van der Waals surface area contributed by atoms with Gasteiger partial charge in [-0.15, -0.1) is 0 Å². The van der Waals surface area contributed by atoms with Crippen LogP contribution in [0, 0.1) is 11.8 Å². The largest absolute Gasteiger partial charge is 0.355 e. The lowest BCUT2D eigenvalue weighted by Crippen LogP contribution is -2.37. The molecule has 5 nitrogen and oxygen atoms in total. The summed E-state index contributed by atoms with van der Waals surface area (Å²) in [5.41, 5.74) is 0. The van der Waals surface area contributed by atoms with Gasteiger partial charge >= 0.3 is 0 Å². The number of rotatable bonds is 6. The SMILES string of the molecule is CC(=O)NCCNC(=O)CC(C)C1CCCNC1. The highest BCUT2D eigenvalue weighted by Crippen LogP contribution is 2.22. The van der Waals surface area contributed by atoms with Crippen molar-refractivity contribution in [1.29, 1.82) is 0 Å². The van der Waals surface area contributed by atoms with Crippen molar-refractivity contribution in [1.82, 2.24) is 16.0 Å².